The molecule has 0 bridgehead atoms. The Morgan fingerprint density at radius 2 is 0.886 bits per heavy atom. The molecule has 35 heavy (non-hydrogen) atoms. The zero-order valence-corrected chi connectivity index (χ0v) is 25.7. The van der Waals surface area contributed by atoms with Gasteiger partial charge in [-0.25, -0.2) is 0 Å². The number of rotatable bonds is 3. The van der Waals surface area contributed by atoms with Gasteiger partial charge in [-0.15, -0.1) is 0 Å². The summed E-state index contributed by atoms with van der Waals surface area (Å²) in [6.07, 6.45) is 11.7. The summed E-state index contributed by atoms with van der Waals surface area (Å²) in [5, 5.41) is 19.8. The van der Waals surface area contributed by atoms with Crippen molar-refractivity contribution in [2.45, 2.75) is 145 Å². The predicted molar refractivity (Wildman–Crippen MR) is 154 cm³/mol. The predicted octanol–water partition coefficient (Wildman–Crippen LogP) is 9.29. The van der Waals surface area contributed by atoms with Crippen molar-refractivity contribution in [3.05, 3.63) is 12.2 Å². The van der Waals surface area contributed by atoms with Gasteiger partial charge in [-0.2, -0.15) is 0 Å². The molecule has 3 saturated carbocycles. The smallest absolute Gasteiger partial charge is 0.0622 e. The molecule has 0 amide bonds. The second-order valence-electron chi connectivity index (χ2n) is 14.7. The SMILES string of the molecule is C=C(C)C1CC[C@@H](C)C[C@H]1C.C[C@@H]1CCC(C(C)(C)O)[C@@H](C)C1.C[C@@H]1CCC(C(C)(C)O)[C@H](C)C1. The normalized spacial score (nSPS) is 38.4. The van der Waals surface area contributed by atoms with Crippen molar-refractivity contribution >= 4 is 0 Å². The lowest BCUT2D eigenvalue weighted by molar-refractivity contribution is -0.0307. The maximum Gasteiger partial charge on any atom is 0.0622 e. The molecule has 0 spiro atoms. The number of hydrogen-bond acceptors (Lipinski definition) is 2. The molecule has 2 heteroatoms. The summed E-state index contributed by atoms with van der Waals surface area (Å²) >= 11 is 0. The lowest BCUT2D eigenvalue weighted by atomic mass is 9.69. The van der Waals surface area contributed by atoms with Gasteiger partial charge in [-0.3, -0.25) is 0 Å². The van der Waals surface area contributed by atoms with Gasteiger partial charge in [0.15, 0.2) is 0 Å². The highest BCUT2D eigenvalue weighted by Gasteiger charge is 2.36. The van der Waals surface area contributed by atoms with Crippen LogP contribution in [0.25, 0.3) is 0 Å². The summed E-state index contributed by atoms with van der Waals surface area (Å²) < 4.78 is 0. The lowest BCUT2D eigenvalue weighted by Crippen LogP contribution is -2.38. The molecule has 0 aromatic rings. The molecule has 0 aliphatic heterocycles. The van der Waals surface area contributed by atoms with Gasteiger partial charge < -0.3 is 10.2 Å². The molecule has 3 aliphatic rings. The number of aliphatic hydroxyl groups is 2. The first-order valence-corrected chi connectivity index (χ1v) is 15.0. The topological polar surface area (TPSA) is 40.5 Å². The second-order valence-corrected chi connectivity index (χ2v) is 14.7. The van der Waals surface area contributed by atoms with E-state index < -0.39 is 11.2 Å². The fourth-order valence-corrected chi connectivity index (χ4v) is 7.83. The van der Waals surface area contributed by atoms with E-state index in [1.165, 1.54) is 63.4 Å². The van der Waals surface area contributed by atoms with Gasteiger partial charge in [-0.05, 0) is 126 Å². The minimum Gasteiger partial charge on any atom is -0.390 e. The van der Waals surface area contributed by atoms with Gasteiger partial charge in [0.2, 0.25) is 0 Å². The molecule has 208 valence electrons. The molecule has 2 nitrogen and oxygen atoms in total. The van der Waals surface area contributed by atoms with E-state index in [-0.39, 0.29) is 0 Å². The first-order chi connectivity index (χ1) is 15.9. The Bertz CT molecular complexity index is 574. The first-order valence-electron chi connectivity index (χ1n) is 15.0. The van der Waals surface area contributed by atoms with Crippen molar-refractivity contribution in [1.82, 2.24) is 0 Å². The van der Waals surface area contributed by atoms with Crippen LogP contribution >= 0.6 is 0 Å². The van der Waals surface area contributed by atoms with Crippen LogP contribution < -0.4 is 0 Å². The van der Waals surface area contributed by atoms with Crippen LogP contribution in [0.2, 0.25) is 0 Å². The fraction of sp³-hybridized carbons (Fsp3) is 0.939. The van der Waals surface area contributed by atoms with E-state index in [0.717, 1.165) is 29.6 Å². The Hall–Kier alpha value is -0.340. The van der Waals surface area contributed by atoms with Crippen molar-refractivity contribution in [1.29, 1.82) is 0 Å². The highest BCUT2D eigenvalue weighted by molar-refractivity contribution is 5.00. The third kappa shape index (κ3) is 11.3. The summed E-state index contributed by atoms with van der Waals surface area (Å²) in [7, 11) is 0. The van der Waals surface area contributed by atoms with Gasteiger partial charge in [0.05, 0.1) is 11.2 Å². The molecule has 3 unspecified atom stereocenters. The Balaban J connectivity index is 0.000000263. The van der Waals surface area contributed by atoms with Crippen LogP contribution in [-0.4, -0.2) is 21.4 Å². The zero-order valence-electron chi connectivity index (χ0n) is 25.7. The lowest BCUT2D eigenvalue weighted by Gasteiger charge is -2.39. The highest BCUT2D eigenvalue weighted by atomic mass is 16.3. The van der Waals surface area contributed by atoms with Gasteiger partial charge in [0, 0.05) is 0 Å². The second kappa shape index (κ2) is 14.0. The van der Waals surface area contributed by atoms with E-state index in [1.807, 2.05) is 27.7 Å². The van der Waals surface area contributed by atoms with Crippen molar-refractivity contribution in [2.75, 3.05) is 0 Å². The first kappa shape index (κ1) is 32.7. The van der Waals surface area contributed by atoms with Crippen LogP contribution in [0.15, 0.2) is 12.2 Å². The molecule has 9 atom stereocenters. The van der Waals surface area contributed by atoms with Gasteiger partial charge in [0.1, 0.15) is 0 Å². The summed E-state index contributed by atoms with van der Waals surface area (Å²) in [6, 6.07) is 0. The van der Waals surface area contributed by atoms with Crippen molar-refractivity contribution in [2.24, 2.45) is 53.3 Å². The standard InChI is InChI=1S/2C11H22O.C11H20/c2*1-8-5-6-10(9(2)7-8)11(3,4)12;1-8(2)11-6-5-9(3)7-10(11)4/h2*8-10,12H,5-7H2,1-4H3;9-11H,1,5-7H2,2-4H3/t8-,9+,10?;8-,9-,10?;9-,10-,11?/m111/s1. The average molecular weight is 493 g/mol. The molecule has 3 rings (SSSR count). The summed E-state index contributed by atoms with van der Waals surface area (Å²) in [6.45, 7) is 27.9. The molecule has 3 aliphatic carbocycles. The van der Waals surface area contributed by atoms with Crippen molar-refractivity contribution in [3.8, 4) is 0 Å². The molecule has 3 fully saturated rings. The maximum atomic E-state index is 9.90. The summed E-state index contributed by atoms with van der Waals surface area (Å²) in [5.41, 5.74) is 0.448. The van der Waals surface area contributed by atoms with E-state index >= 15 is 0 Å². The summed E-state index contributed by atoms with van der Waals surface area (Å²) in [5.74, 6) is 6.74. The van der Waals surface area contributed by atoms with Crippen LogP contribution in [0.5, 0.6) is 0 Å². The molecule has 0 heterocycles. The monoisotopic (exact) mass is 492 g/mol. The molecule has 2 N–H and O–H groups in total. The third-order valence-corrected chi connectivity index (χ3v) is 9.74. The van der Waals surface area contributed by atoms with E-state index in [1.54, 1.807) is 0 Å². The molecular formula is C33H64O2. The average Bonchev–Trinajstić information content (AvgIpc) is 2.66. The number of allylic oxidation sites excluding steroid dienone is 1. The van der Waals surface area contributed by atoms with Gasteiger partial charge >= 0.3 is 0 Å². The minimum absolute atomic E-state index is 0.473. The van der Waals surface area contributed by atoms with E-state index in [0.29, 0.717) is 23.7 Å². The molecule has 0 radical (unpaired) electrons. The van der Waals surface area contributed by atoms with Crippen LogP contribution in [0, 0.1) is 53.3 Å². The van der Waals surface area contributed by atoms with E-state index in [2.05, 4.69) is 55.0 Å². The van der Waals surface area contributed by atoms with Crippen LogP contribution in [-0.2, 0) is 0 Å². The molecule has 0 aromatic carbocycles. The third-order valence-electron chi connectivity index (χ3n) is 9.74. The molecular weight excluding hydrogens is 428 g/mol. The Kier molecular flexibility index (Phi) is 13.1. The zero-order chi connectivity index (χ0) is 27.1. The Labute approximate surface area is 220 Å². The Morgan fingerprint density at radius 3 is 1.14 bits per heavy atom. The van der Waals surface area contributed by atoms with Crippen LogP contribution in [0.4, 0.5) is 0 Å². The van der Waals surface area contributed by atoms with Crippen molar-refractivity contribution in [3.63, 3.8) is 0 Å². The van der Waals surface area contributed by atoms with Crippen LogP contribution in [0.3, 0.4) is 0 Å². The molecule has 0 saturated heterocycles. The van der Waals surface area contributed by atoms with E-state index in [4.69, 9.17) is 0 Å². The highest BCUT2D eigenvalue weighted by Crippen LogP contribution is 2.40. The largest absolute Gasteiger partial charge is 0.390 e. The van der Waals surface area contributed by atoms with Crippen molar-refractivity contribution < 1.29 is 10.2 Å². The van der Waals surface area contributed by atoms with Gasteiger partial charge in [-0.1, -0.05) is 73.0 Å². The quantitative estimate of drug-likeness (QED) is 0.385. The molecule has 0 aromatic heterocycles. The van der Waals surface area contributed by atoms with E-state index in [9.17, 15) is 10.2 Å². The Morgan fingerprint density at radius 1 is 0.571 bits per heavy atom. The number of hydrogen-bond donors (Lipinski definition) is 2. The summed E-state index contributed by atoms with van der Waals surface area (Å²) in [4.78, 5) is 0. The minimum atomic E-state index is -0.473. The van der Waals surface area contributed by atoms with Crippen LogP contribution in [0.1, 0.15) is 134 Å². The maximum absolute atomic E-state index is 9.90. The fourth-order valence-electron chi connectivity index (χ4n) is 7.83. The van der Waals surface area contributed by atoms with Gasteiger partial charge in [0.25, 0.3) is 0 Å².